The number of nitrogens with one attached hydrogen (secondary N) is 1. The van der Waals surface area contributed by atoms with Gasteiger partial charge in [0.15, 0.2) is 0 Å². The molecule has 0 saturated heterocycles. The lowest BCUT2D eigenvalue weighted by molar-refractivity contribution is -0.387. The molecule has 0 radical (unpaired) electrons. The number of anilines is 1. The van der Waals surface area contributed by atoms with E-state index in [1.54, 1.807) is 18.2 Å². The van der Waals surface area contributed by atoms with Crippen molar-refractivity contribution in [1.82, 2.24) is 0 Å². The maximum atomic E-state index is 11.5. The summed E-state index contributed by atoms with van der Waals surface area (Å²) in [7, 11) is 0. The van der Waals surface area contributed by atoms with Crippen LogP contribution in [0.3, 0.4) is 0 Å². The minimum atomic E-state index is -0.351. The zero-order valence-electron chi connectivity index (χ0n) is 17.1. The molecule has 0 unspecified atom stereocenters. The van der Waals surface area contributed by atoms with Gasteiger partial charge in [-0.25, -0.2) is 0 Å². The Labute approximate surface area is 215 Å². The summed E-state index contributed by atoms with van der Waals surface area (Å²) >= 11 is 28.1. The summed E-state index contributed by atoms with van der Waals surface area (Å²) in [5.41, 5.74) is 2.86. The van der Waals surface area contributed by atoms with Gasteiger partial charge in [0.1, 0.15) is 0 Å². The number of benzene rings is 3. The fraction of sp³-hybridized carbons (Fsp3) is 0.250. The summed E-state index contributed by atoms with van der Waals surface area (Å²) in [5, 5.41) is 16.6. The monoisotopic (exact) mass is 538 g/mol. The first-order valence-electron chi connectivity index (χ1n) is 10.4. The lowest BCUT2D eigenvalue weighted by Crippen LogP contribution is -2.31. The third-order valence-corrected chi connectivity index (χ3v) is 9.39. The molecule has 0 bridgehead atoms. The highest BCUT2D eigenvalue weighted by atomic mass is 35.5. The molecule has 3 aromatic rings. The van der Waals surface area contributed by atoms with Gasteiger partial charge in [-0.3, -0.25) is 10.1 Å². The van der Waals surface area contributed by atoms with Crippen molar-refractivity contribution in [1.29, 1.82) is 0 Å². The summed E-state index contributed by atoms with van der Waals surface area (Å²) in [4.78, 5) is 11.8. The van der Waals surface area contributed by atoms with Crippen LogP contribution in [0.1, 0.15) is 29.5 Å². The fourth-order valence-corrected chi connectivity index (χ4v) is 7.81. The summed E-state index contributed by atoms with van der Waals surface area (Å²) in [6, 6.07) is 18.1. The molecular weight excluding hydrogens is 522 g/mol. The van der Waals surface area contributed by atoms with E-state index in [1.807, 2.05) is 36.4 Å². The average Bonchev–Trinajstić information content (AvgIpc) is 3.10. The fourth-order valence-electron chi connectivity index (χ4n) is 5.05. The Bertz CT molecular complexity index is 1240. The summed E-state index contributed by atoms with van der Waals surface area (Å²) < 4.78 is 0. The van der Waals surface area contributed by atoms with Gasteiger partial charge in [0.2, 0.25) is 0 Å². The van der Waals surface area contributed by atoms with Crippen molar-refractivity contribution < 1.29 is 4.92 Å². The molecule has 1 heterocycles. The molecule has 3 aromatic carbocycles. The quantitative estimate of drug-likeness (QED) is 0.205. The van der Waals surface area contributed by atoms with Crippen LogP contribution in [0.4, 0.5) is 11.4 Å². The molecule has 5 rings (SSSR count). The molecule has 9 heteroatoms. The van der Waals surface area contributed by atoms with Crippen molar-refractivity contribution in [3.63, 3.8) is 0 Å². The molecular formula is C24H18Cl4N2O2S. The number of thioether (sulfide) groups is 1. The van der Waals surface area contributed by atoms with E-state index in [0.717, 1.165) is 23.2 Å². The third kappa shape index (κ3) is 4.19. The molecule has 0 spiro atoms. The number of rotatable bonds is 4. The zero-order valence-corrected chi connectivity index (χ0v) is 20.9. The van der Waals surface area contributed by atoms with E-state index in [2.05, 4.69) is 5.32 Å². The van der Waals surface area contributed by atoms with Gasteiger partial charge in [0.25, 0.3) is 5.69 Å². The van der Waals surface area contributed by atoms with Crippen LogP contribution >= 0.6 is 58.2 Å². The molecule has 1 N–H and O–H groups in total. The highest BCUT2D eigenvalue weighted by Crippen LogP contribution is 2.59. The number of nitro benzene ring substituents is 1. The number of hydrogen-bond acceptors (Lipinski definition) is 4. The topological polar surface area (TPSA) is 55.2 Å². The summed E-state index contributed by atoms with van der Waals surface area (Å²) in [6.07, 6.45) is 0.752. The summed E-state index contributed by atoms with van der Waals surface area (Å²) in [5.74, 6) is 0.0651. The van der Waals surface area contributed by atoms with Gasteiger partial charge in [-0.1, -0.05) is 65.1 Å². The Morgan fingerprint density at radius 2 is 1.70 bits per heavy atom. The van der Waals surface area contributed by atoms with Gasteiger partial charge in [0.05, 0.1) is 31.9 Å². The van der Waals surface area contributed by atoms with Crippen LogP contribution in [0.2, 0.25) is 15.1 Å². The van der Waals surface area contributed by atoms with Crippen molar-refractivity contribution >= 4 is 69.5 Å². The molecule has 33 heavy (non-hydrogen) atoms. The van der Waals surface area contributed by atoms with Gasteiger partial charge < -0.3 is 5.32 Å². The van der Waals surface area contributed by atoms with E-state index in [0.29, 0.717) is 20.0 Å². The molecule has 1 saturated carbocycles. The standard InChI is InChI=1S/C24H18Cl4N2O2S/c25-12-9-14-21-15(11-20(22(21)28)33-19-8-4-3-7-18(19)30(31)32)23(29-24(14)17(27)10-12)13-5-1-2-6-16(13)26/h1-10,15,20-23,29H,11H2/t15-,20+,21+,22+,23-/m0/s1. The van der Waals surface area contributed by atoms with Crippen molar-refractivity contribution in [3.05, 3.63) is 97.0 Å². The molecule has 170 valence electrons. The SMILES string of the molecule is O=[N+]([O-])c1ccccc1S[C@@H]1C[C@H]2[C@@H](c3cc(Cl)cc(Cl)c3N[C@H]2c2ccccc2Cl)[C@@H]1Cl. The van der Waals surface area contributed by atoms with Crippen LogP contribution in [-0.2, 0) is 0 Å². The minimum Gasteiger partial charge on any atom is -0.376 e. The van der Waals surface area contributed by atoms with Crippen LogP contribution in [0, 0.1) is 16.0 Å². The Morgan fingerprint density at radius 3 is 2.45 bits per heavy atom. The number of fused-ring (bicyclic) bond motifs is 3. The number of nitrogens with zero attached hydrogens (tertiary/aromatic N) is 1. The van der Waals surface area contributed by atoms with E-state index in [-0.39, 0.29) is 39.1 Å². The highest BCUT2D eigenvalue weighted by Gasteiger charge is 2.51. The second kappa shape index (κ2) is 9.20. The van der Waals surface area contributed by atoms with Crippen LogP contribution in [-0.4, -0.2) is 15.6 Å². The second-order valence-corrected chi connectivity index (χ2v) is 11.3. The smallest absolute Gasteiger partial charge is 0.282 e. The van der Waals surface area contributed by atoms with Crippen LogP contribution < -0.4 is 5.32 Å². The first-order valence-corrected chi connectivity index (χ1v) is 12.8. The highest BCUT2D eigenvalue weighted by molar-refractivity contribution is 8.00. The first-order chi connectivity index (χ1) is 15.8. The minimum absolute atomic E-state index is 0.0411. The van der Waals surface area contributed by atoms with Crippen LogP contribution in [0.15, 0.2) is 65.6 Å². The van der Waals surface area contributed by atoms with Crippen molar-refractivity contribution in [2.75, 3.05) is 5.32 Å². The Kier molecular flexibility index (Phi) is 6.45. The predicted octanol–water partition coefficient (Wildman–Crippen LogP) is 8.59. The second-order valence-electron chi connectivity index (χ2n) is 8.25. The normalized spacial score (nSPS) is 25.8. The van der Waals surface area contributed by atoms with Gasteiger partial charge in [0, 0.05) is 27.3 Å². The molecule has 1 aliphatic carbocycles. The van der Waals surface area contributed by atoms with E-state index in [9.17, 15) is 10.1 Å². The number of alkyl halides is 1. The van der Waals surface area contributed by atoms with Gasteiger partial charge in [-0.05, 0) is 47.7 Å². The Balaban J connectivity index is 1.58. The van der Waals surface area contributed by atoms with E-state index >= 15 is 0 Å². The van der Waals surface area contributed by atoms with Gasteiger partial charge in [-0.2, -0.15) is 0 Å². The lowest BCUT2D eigenvalue weighted by atomic mass is 9.77. The molecule has 5 atom stereocenters. The van der Waals surface area contributed by atoms with E-state index in [4.69, 9.17) is 46.4 Å². The largest absolute Gasteiger partial charge is 0.376 e. The zero-order chi connectivity index (χ0) is 23.3. The first kappa shape index (κ1) is 23.1. The Morgan fingerprint density at radius 1 is 0.970 bits per heavy atom. The van der Waals surface area contributed by atoms with Crippen LogP contribution in [0.5, 0.6) is 0 Å². The number of hydrogen-bond donors (Lipinski definition) is 1. The van der Waals surface area contributed by atoms with Gasteiger partial charge >= 0.3 is 0 Å². The van der Waals surface area contributed by atoms with Crippen molar-refractivity contribution in [2.45, 2.75) is 33.9 Å². The molecule has 1 fully saturated rings. The number of halogens is 4. The maximum absolute atomic E-state index is 11.5. The van der Waals surface area contributed by atoms with Crippen molar-refractivity contribution in [3.8, 4) is 0 Å². The number of nitro groups is 1. The van der Waals surface area contributed by atoms with Gasteiger partial charge in [-0.15, -0.1) is 23.4 Å². The maximum Gasteiger partial charge on any atom is 0.282 e. The molecule has 0 aromatic heterocycles. The number of para-hydroxylation sites is 1. The summed E-state index contributed by atoms with van der Waals surface area (Å²) in [6.45, 7) is 0. The van der Waals surface area contributed by atoms with Crippen molar-refractivity contribution in [2.24, 2.45) is 5.92 Å². The predicted molar refractivity (Wildman–Crippen MR) is 138 cm³/mol. The molecule has 1 aliphatic heterocycles. The average molecular weight is 540 g/mol. The molecule has 0 amide bonds. The van der Waals surface area contributed by atoms with E-state index < -0.39 is 0 Å². The lowest BCUT2D eigenvalue weighted by Gasteiger charge is -2.39. The molecule has 2 aliphatic rings. The third-order valence-electron chi connectivity index (χ3n) is 6.42. The molecule has 4 nitrogen and oxygen atoms in total. The van der Waals surface area contributed by atoms with E-state index in [1.165, 1.54) is 17.8 Å². The van der Waals surface area contributed by atoms with Crippen LogP contribution in [0.25, 0.3) is 0 Å². The Hall–Kier alpha value is -1.63.